The molecule has 3 aliphatic heterocycles. The summed E-state index contributed by atoms with van der Waals surface area (Å²) >= 11 is 0. The number of hydrogen-bond acceptors (Lipinski definition) is 4. The molecule has 1 N–H and O–H groups in total. The van der Waals surface area contributed by atoms with Crippen molar-refractivity contribution in [2.45, 2.75) is 30.9 Å². The largest absolute Gasteiger partial charge is 0.487 e. The van der Waals surface area contributed by atoms with E-state index in [1.54, 1.807) is 0 Å². The van der Waals surface area contributed by atoms with Gasteiger partial charge in [0.2, 0.25) is 0 Å². The summed E-state index contributed by atoms with van der Waals surface area (Å²) in [5, 5.41) is 3.46. The van der Waals surface area contributed by atoms with Crippen LogP contribution < -0.4 is 10.1 Å². The van der Waals surface area contributed by atoms with Gasteiger partial charge in [-0.05, 0) is 32.0 Å². The number of morpholine rings is 1. The molecule has 3 aliphatic rings. The van der Waals surface area contributed by atoms with E-state index >= 15 is 0 Å². The van der Waals surface area contributed by atoms with Crippen molar-refractivity contribution in [3.05, 3.63) is 29.8 Å². The van der Waals surface area contributed by atoms with E-state index in [1.807, 2.05) is 0 Å². The molecule has 2 saturated heterocycles. The van der Waals surface area contributed by atoms with Crippen LogP contribution in [0.15, 0.2) is 24.3 Å². The van der Waals surface area contributed by atoms with Gasteiger partial charge in [-0.3, -0.25) is 4.90 Å². The molecule has 21 heavy (non-hydrogen) atoms. The average Bonchev–Trinajstić information content (AvgIpc) is 2.56. The molecule has 0 radical (unpaired) electrons. The Hall–Kier alpha value is -1.10. The predicted molar refractivity (Wildman–Crippen MR) is 81.7 cm³/mol. The van der Waals surface area contributed by atoms with Crippen LogP contribution in [-0.4, -0.2) is 49.9 Å². The van der Waals surface area contributed by atoms with Crippen LogP contribution in [0.3, 0.4) is 0 Å². The van der Waals surface area contributed by atoms with E-state index in [2.05, 4.69) is 34.5 Å². The molecule has 0 amide bonds. The van der Waals surface area contributed by atoms with Crippen molar-refractivity contribution in [3.63, 3.8) is 0 Å². The van der Waals surface area contributed by atoms with E-state index < -0.39 is 0 Å². The van der Waals surface area contributed by atoms with Gasteiger partial charge in [0.05, 0.1) is 13.2 Å². The number of piperidine rings is 1. The molecule has 0 saturated carbocycles. The maximum absolute atomic E-state index is 6.48. The Labute approximate surface area is 126 Å². The van der Waals surface area contributed by atoms with Crippen molar-refractivity contribution < 1.29 is 9.47 Å². The molecule has 0 bridgehead atoms. The fourth-order valence-corrected chi connectivity index (χ4v) is 3.99. The van der Waals surface area contributed by atoms with Gasteiger partial charge in [0.25, 0.3) is 0 Å². The number of fused-ring (bicyclic) bond motifs is 1. The third kappa shape index (κ3) is 2.56. The van der Waals surface area contributed by atoms with Crippen LogP contribution in [0.1, 0.15) is 30.9 Å². The third-order valence-electron chi connectivity index (χ3n) is 5.17. The third-order valence-corrected chi connectivity index (χ3v) is 5.17. The van der Waals surface area contributed by atoms with Crippen LogP contribution in [0.25, 0.3) is 0 Å². The van der Waals surface area contributed by atoms with Crippen LogP contribution >= 0.6 is 0 Å². The average molecular weight is 288 g/mol. The fourth-order valence-electron chi connectivity index (χ4n) is 3.99. The van der Waals surface area contributed by atoms with Crippen LogP contribution in [0.4, 0.5) is 0 Å². The van der Waals surface area contributed by atoms with Crippen molar-refractivity contribution >= 4 is 0 Å². The topological polar surface area (TPSA) is 33.7 Å². The normalized spacial score (nSPS) is 28.9. The first-order valence-corrected chi connectivity index (χ1v) is 8.17. The molecule has 1 unspecified atom stereocenters. The highest BCUT2D eigenvalue weighted by molar-refractivity contribution is 5.39. The summed E-state index contributed by atoms with van der Waals surface area (Å²) in [7, 11) is 0. The molecule has 3 heterocycles. The Bertz CT molecular complexity index is 493. The molecule has 2 fully saturated rings. The summed E-state index contributed by atoms with van der Waals surface area (Å²) < 4.78 is 12.0. The van der Waals surface area contributed by atoms with Crippen LogP contribution in [0.2, 0.25) is 0 Å². The monoisotopic (exact) mass is 288 g/mol. The number of nitrogens with zero attached hydrogens (tertiary/aromatic N) is 1. The first-order valence-electron chi connectivity index (χ1n) is 8.17. The minimum Gasteiger partial charge on any atom is -0.487 e. The molecule has 1 aromatic carbocycles. The van der Waals surface area contributed by atoms with Gasteiger partial charge in [-0.15, -0.1) is 0 Å². The summed E-state index contributed by atoms with van der Waals surface area (Å²) in [5.74, 6) is 1.10. The predicted octanol–water partition coefficient (Wildman–Crippen LogP) is 1.96. The van der Waals surface area contributed by atoms with E-state index in [-0.39, 0.29) is 5.60 Å². The maximum Gasteiger partial charge on any atom is 0.124 e. The molecule has 4 nitrogen and oxygen atoms in total. The van der Waals surface area contributed by atoms with Gasteiger partial charge >= 0.3 is 0 Å². The molecule has 4 rings (SSSR count). The van der Waals surface area contributed by atoms with Crippen molar-refractivity contribution in [2.75, 3.05) is 39.4 Å². The number of benzene rings is 1. The van der Waals surface area contributed by atoms with E-state index in [0.717, 1.165) is 64.4 Å². The molecule has 0 aromatic heterocycles. The van der Waals surface area contributed by atoms with Crippen molar-refractivity contribution in [1.82, 2.24) is 10.2 Å². The van der Waals surface area contributed by atoms with Crippen LogP contribution in [0, 0.1) is 0 Å². The number of para-hydroxylation sites is 1. The van der Waals surface area contributed by atoms with E-state index in [4.69, 9.17) is 9.47 Å². The second kappa shape index (κ2) is 5.59. The highest BCUT2D eigenvalue weighted by atomic mass is 16.5. The molecule has 1 spiro atoms. The Kier molecular flexibility index (Phi) is 3.61. The summed E-state index contributed by atoms with van der Waals surface area (Å²) in [6, 6.07) is 9.09. The summed E-state index contributed by atoms with van der Waals surface area (Å²) in [6.07, 6.45) is 3.34. The van der Waals surface area contributed by atoms with Gasteiger partial charge in [0.15, 0.2) is 0 Å². The second-order valence-corrected chi connectivity index (χ2v) is 6.44. The quantitative estimate of drug-likeness (QED) is 0.856. The van der Waals surface area contributed by atoms with E-state index in [1.165, 1.54) is 5.56 Å². The second-order valence-electron chi connectivity index (χ2n) is 6.44. The summed E-state index contributed by atoms with van der Waals surface area (Å²) in [6.45, 7) is 5.92. The lowest BCUT2D eigenvalue weighted by atomic mass is 9.80. The highest BCUT2D eigenvalue weighted by Gasteiger charge is 2.43. The first kappa shape index (κ1) is 13.6. The zero-order valence-electron chi connectivity index (χ0n) is 12.5. The highest BCUT2D eigenvalue weighted by Crippen LogP contribution is 2.45. The smallest absolute Gasteiger partial charge is 0.124 e. The van der Waals surface area contributed by atoms with Crippen molar-refractivity contribution in [1.29, 1.82) is 0 Å². The van der Waals surface area contributed by atoms with Crippen molar-refractivity contribution in [2.24, 2.45) is 0 Å². The van der Waals surface area contributed by atoms with Gasteiger partial charge in [-0.25, -0.2) is 0 Å². The van der Waals surface area contributed by atoms with Crippen LogP contribution in [0.5, 0.6) is 5.75 Å². The Morgan fingerprint density at radius 2 is 1.86 bits per heavy atom. The van der Waals surface area contributed by atoms with Gasteiger partial charge in [-0.2, -0.15) is 0 Å². The fraction of sp³-hybridized carbons (Fsp3) is 0.647. The minimum atomic E-state index is 0.0303. The maximum atomic E-state index is 6.48. The lowest BCUT2D eigenvalue weighted by Crippen LogP contribution is -2.52. The number of hydrogen-bond donors (Lipinski definition) is 1. The van der Waals surface area contributed by atoms with Gasteiger partial charge in [0.1, 0.15) is 11.4 Å². The molecular weight excluding hydrogens is 264 g/mol. The standard InChI is InChI=1S/C17H24N2O2/c1-2-4-16-14(3-1)15(19-9-11-20-12-10-19)13-17(21-16)5-7-18-8-6-17/h1-4,15,18H,5-13H2. The molecular formula is C17H24N2O2. The zero-order valence-corrected chi connectivity index (χ0v) is 12.5. The number of rotatable bonds is 1. The van der Waals surface area contributed by atoms with Gasteiger partial charge < -0.3 is 14.8 Å². The lowest BCUT2D eigenvalue weighted by molar-refractivity contribution is -0.0450. The molecule has 1 aromatic rings. The van der Waals surface area contributed by atoms with Crippen molar-refractivity contribution in [3.8, 4) is 5.75 Å². The molecule has 1 atom stereocenters. The zero-order chi connectivity index (χ0) is 14.1. The SMILES string of the molecule is c1ccc2c(c1)OC1(CCNCC1)CC2N1CCOCC1. The summed E-state index contributed by atoms with van der Waals surface area (Å²) in [5.41, 5.74) is 1.39. The Morgan fingerprint density at radius 1 is 1.10 bits per heavy atom. The lowest BCUT2D eigenvalue weighted by Gasteiger charge is -2.48. The molecule has 114 valence electrons. The Balaban J connectivity index is 1.67. The molecule has 0 aliphatic carbocycles. The van der Waals surface area contributed by atoms with Gasteiger partial charge in [0, 0.05) is 31.1 Å². The van der Waals surface area contributed by atoms with E-state index in [0.29, 0.717) is 6.04 Å². The number of nitrogens with one attached hydrogen (secondary N) is 1. The Morgan fingerprint density at radius 3 is 2.67 bits per heavy atom. The minimum absolute atomic E-state index is 0.0303. The van der Waals surface area contributed by atoms with Gasteiger partial charge in [-0.1, -0.05) is 18.2 Å². The van der Waals surface area contributed by atoms with E-state index in [9.17, 15) is 0 Å². The first-order chi connectivity index (χ1) is 10.4. The molecule has 4 heteroatoms. The number of ether oxygens (including phenoxy) is 2. The van der Waals surface area contributed by atoms with Crippen LogP contribution in [-0.2, 0) is 4.74 Å². The summed E-state index contributed by atoms with van der Waals surface area (Å²) in [4.78, 5) is 2.59.